The molecule has 0 aliphatic carbocycles. The lowest BCUT2D eigenvalue weighted by molar-refractivity contribution is 0.0695. The number of rotatable bonds is 4. The Labute approximate surface area is 118 Å². The highest BCUT2D eigenvalue weighted by Gasteiger charge is 2.13. The van der Waals surface area contributed by atoms with Crippen LogP contribution in [0, 0.1) is 6.92 Å². The number of anilines is 1. The Morgan fingerprint density at radius 3 is 3.10 bits per heavy atom. The molecule has 5 nitrogen and oxygen atoms in total. The third-order valence-corrected chi connectivity index (χ3v) is 3.89. The number of aryl methyl sites for hydroxylation is 1. The molecule has 6 heteroatoms. The van der Waals surface area contributed by atoms with Gasteiger partial charge in [-0.15, -0.1) is 11.3 Å². The van der Waals surface area contributed by atoms with Crippen molar-refractivity contribution >= 4 is 33.2 Å². The lowest BCUT2D eigenvalue weighted by Crippen LogP contribution is -2.00. The van der Waals surface area contributed by atoms with Crippen molar-refractivity contribution in [3.8, 4) is 0 Å². The van der Waals surface area contributed by atoms with Gasteiger partial charge in [0.15, 0.2) is 0 Å². The summed E-state index contributed by atoms with van der Waals surface area (Å²) in [7, 11) is 0. The molecule has 0 spiro atoms. The third kappa shape index (κ3) is 2.25. The Kier molecular flexibility index (Phi) is 3.15. The Balaban J connectivity index is 1.81. The smallest absolute Gasteiger partial charge is 0.339 e. The highest BCUT2D eigenvalue weighted by Crippen LogP contribution is 2.26. The quantitative estimate of drug-likeness (QED) is 0.768. The van der Waals surface area contributed by atoms with Crippen LogP contribution in [0.5, 0.6) is 0 Å². The maximum absolute atomic E-state index is 11.0. The number of carbonyl (C=O) groups is 1. The monoisotopic (exact) mass is 288 g/mol. The van der Waals surface area contributed by atoms with E-state index in [1.54, 1.807) is 30.5 Å². The molecule has 20 heavy (non-hydrogen) atoms. The van der Waals surface area contributed by atoms with Crippen LogP contribution in [0.1, 0.15) is 21.9 Å². The molecular weight excluding hydrogens is 276 g/mol. The van der Waals surface area contributed by atoms with E-state index in [4.69, 9.17) is 9.52 Å². The van der Waals surface area contributed by atoms with Crippen LogP contribution < -0.4 is 5.32 Å². The molecule has 0 amide bonds. The van der Waals surface area contributed by atoms with E-state index < -0.39 is 5.97 Å². The number of fused-ring (bicyclic) bond motifs is 1. The molecule has 0 aliphatic heterocycles. The van der Waals surface area contributed by atoms with Gasteiger partial charge >= 0.3 is 5.97 Å². The zero-order valence-corrected chi connectivity index (χ0v) is 11.5. The van der Waals surface area contributed by atoms with Gasteiger partial charge in [-0.05, 0) is 30.5 Å². The van der Waals surface area contributed by atoms with Crippen molar-refractivity contribution in [2.45, 2.75) is 13.5 Å². The largest absolute Gasteiger partial charge is 0.478 e. The number of furan rings is 1. The molecule has 0 aromatic carbocycles. The lowest BCUT2D eigenvalue weighted by Gasteiger charge is -2.04. The predicted octanol–water partition coefficient (Wildman–Crippen LogP) is 3.51. The molecule has 102 valence electrons. The Morgan fingerprint density at radius 1 is 1.50 bits per heavy atom. The van der Waals surface area contributed by atoms with E-state index in [0.717, 1.165) is 15.9 Å². The van der Waals surface area contributed by atoms with Crippen LogP contribution in [0.4, 0.5) is 5.82 Å². The second-order valence-electron chi connectivity index (χ2n) is 4.33. The number of thiophene rings is 1. The van der Waals surface area contributed by atoms with Crippen LogP contribution in [0.3, 0.4) is 0 Å². The molecule has 0 unspecified atom stereocenters. The summed E-state index contributed by atoms with van der Waals surface area (Å²) in [6.07, 6.45) is 1.75. The van der Waals surface area contributed by atoms with Gasteiger partial charge in [0.05, 0.1) is 6.54 Å². The van der Waals surface area contributed by atoms with Crippen molar-refractivity contribution in [3.63, 3.8) is 0 Å². The molecular formula is C14H12N2O3S. The van der Waals surface area contributed by atoms with Gasteiger partial charge in [-0.2, -0.15) is 0 Å². The number of aromatic nitrogens is 1. The fourth-order valence-corrected chi connectivity index (χ4v) is 2.83. The lowest BCUT2D eigenvalue weighted by atomic mass is 10.2. The highest BCUT2D eigenvalue weighted by molar-refractivity contribution is 7.17. The molecule has 2 N–H and O–H groups in total. The fraction of sp³-hybridized carbons (Fsp3) is 0.143. The number of aromatic carboxylic acids is 1. The number of hydrogen-bond donors (Lipinski definition) is 2. The van der Waals surface area contributed by atoms with E-state index in [1.165, 1.54) is 0 Å². The summed E-state index contributed by atoms with van der Waals surface area (Å²) >= 11 is 1.65. The zero-order chi connectivity index (χ0) is 14.1. The Bertz CT molecular complexity index is 776. The first-order valence-electron chi connectivity index (χ1n) is 6.04. The fourth-order valence-electron chi connectivity index (χ4n) is 2.05. The zero-order valence-electron chi connectivity index (χ0n) is 10.7. The van der Waals surface area contributed by atoms with E-state index >= 15 is 0 Å². The van der Waals surface area contributed by atoms with Crippen LogP contribution in [0.2, 0.25) is 0 Å². The molecule has 3 aromatic heterocycles. The van der Waals surface area contributed by atoms with Gasteiger partial charge in [-0.1, -0.05) is 0 Å². The summed E-state index contributed by atoms with van der Waals surface area (Å²) in [6, 6.07) is 5.51. The van der Waals surface area contributed by atoms with Crippen molar-refractivity contribution in [1.29, 1.82) is 0 Å². The van der Waals surface area contributed by atoms with Gasteiger partial charge in [0, 0.05) is 16.3 Å². The molecule has 3 aromatic rings. The molecule has 0 aliphatic rings. The molecule has 0 fully saturated rings. The molecule has 3 rings (SSSR count). The summed E-state index contributed by atoms with van der Waals surface area (Å²) in [5, 5.41) is 15.2. The maximum Gasteiger partial charge on any atom is 0.339 e. The van der Waals surface area contributed by atoms with E-state index in [-0.39, 0.29) is 5.56 Å². The van der Waals surface area contributed by atoms with Crippen molar-refractivity contribution in [1.82, 2.24) is 4.98 Å². The standard InChI is InChI=1S/C14H12N2O3S/c1-8-11(14(17)18)6-9(19-8)7-16-13-10-3-5-20-12(10)2-4-15-13/h2-6H,7H2,1H3,(H,15,16)(H,17,18). The van der Waals surface area contributed by atoms with Crippen molar-refractivity contribution in [3.05, 3.63) is 46.9 Å². The van der Waals surface area contributed by atoms with Gasteiger partial charge in [-0.25, -0.2) is 9.78 Å². The number of pyridine rings is 1. The van der Waals surface area contributed by atoms with Gasteiger partial charge in [0.25, 0.3) is 0 Å². The van der Waals surface area contributed by atoms with Crippen molar-refractivity contribution in [2.75, 3.05) is 5.32 Å². The number of carboxylic acids is 1. The summed E-state index contributed by atoms with van der Waals surface area (Å²) in [4.78, 5) is 15.3. The van der Waals surface area contributed by atoms with Crippen molar-refractivity contribution < 1.29 is 14.3 Å². The second kappa shape index (κ2) is 4.97. The van der Waals surface area contributed by atoms with Crippen LogP contribution in [-0.2, 0) is 6.54 Å². The van der Waals surface area contributed by atoms with Gasteiger partial charge in [0.2, 0.25) is 0 Å². The van der Waals surface area contributed by atoms with E-state index in [1.807, 2.05) is 17.5 Å². The van der Waals surface area contributed by atoms with Gasteiger partial charge < -0.3 is 14.8 Å². The predicted molar refractivity (Wildman–Crippen MR) is 77.4 cm³/mol. The number of carboxylic acid groups (broad SMARTS) is 1. The molecule has 0 saturated carbocycles. The van der Waals surface area contributed by atoms with Crippen LogP contribution in [-0.4, -0.2) is 16.1 Å². The number of nitrogens with zero attached hydrogens (tertiary/aromatic N) is 1. The molecule has 0 saturated heterocycles. The summed E-state index contributed by atoms with van der Waals surface area (Å²) < 4.78 is 6.58. The van der Waals surface area contributed by atoms with Crippen LogP contribution in [0.15, 0.2) is 34.2 Å². The maximum atomic E-state index is 11.0. The topological polar surface area (TPSA) is 75.4 Å². The van der Waals surface area contributed by atoms with Gasteiger partial charge in [0.1, 0.15) is 22.9 Å². The molecule has 0 radical (unpaired) electrons. The Hall–Kier alpha value is -2.34. The van der Waals surface area contributed by atoms with Crippen molar-refractivity contribution in [2.24, 2.45) is 0 Å². The molecule has 3 heterocycles. The average molecular weight is 288 g/mol. The minimum atomic E-state index is -0.976. The highest BCUT2D eigenvalue weighted by atomic mass is 32.1. The Morgan fingerprint density at radius 2 is 2.35 bits per heavy atom. The third-order valence-electron chi connectivity index (χ3n) is 3.01. The van der Waals surface area contributed by atoms with Crippen LogP contribution >= 0.6 is 11.3 Å². The van der Waals surface area contributed by atoms with Gasteiger partial charge in [-0.3, -0.25) is 0 Å². The summed E-state index contributed by atoms with van der Waals surface area (Å²) in [5.74, 6) is 0.787. The normalized spacial score (nSPS) is 10.8. The minimum Gasteiger partial charge on any atom is -0.478 e. The molecule has 0 atom stereocenters. The molecule has 0 bridgehead atoms. The first-order chi connectivity index (χ1) is 9.65. The summed E-state index contributed by atoms with van der Waals surface area (Å²) in [6.45, 7) is 2.04. The number of hydrogen-bond acceptors (Lipinski definition) is 5. The van der Waals surface area contributed by atoms with E-state index in [9.17, 15) is 4.79 Å². The van der Waals surface area contributed by atoms with E-state index in [0.29, 0.717) is 18.1 Å². The SMILES string of the molecule is Cc1oc(CNc2nccc3sccc23)cc1C(=O)O. The van der Waals surface area contributed by atoms with E-state index in [2.05, 4.69) is 10.3 Å². The second-order valence-corrected chi connectivity index (χ2v) is 5.28. The first kappa shape index (κ1) is 12.7. The first-order valence-corrected chi connectivity index (χ1v) is 6.92. The minimum absolute atomic E-state index is 0.198. The average Bonchev–Trinajstić information content (AvgIpc) is 3.02. The summed E-state index contributed by atoms with van der Waals surface area (Å²) in [5.41, 5.74) is 0.198. The number of nitrogens with one attached hydrogen (secondary N) is 1. The van der Waals surface area contributed by atoms with Crippen LogP contribution in [0.25, 0.3) is 10.1 Å².